The lowest BCUT2D eigenvalue weighted by Gasteiger charge is -2.05. The molecule has 2 aromatic carbocycles. The van der Waals surface area contributed by atoms with Crippen LogP contribution in [0.25, 0.3) is 22.4 Å². The summed E-state index contributed by atoms with van der Waals surface area (Å²) in [6, 6.07) is 8.31. The monoisotopic (exact) mass is 319 g/mol. The highest BCUT2D eigenvalue weighted by atomic mass is 19.4. The van der Waals surface area contributed by atoms with Gasteiger partial charge in [-0.3, -0.25) is 4.79 Å². The van der Waals surface area contributed by atoms with Gasteiger partial charge >= 0.3 is 6.18 Å². The van der Waals surface area contributed by atoms with Crippen molar-refractivity contribution in [3.8, 4) is 11.4 Å². The zero-order valence-corrected chi connectivity index (χ0v) is 12.0. The average molecular weight is 319 g/mol. The zero-order valence-electron chi connectivity index (χ0n) is 12.0. The van der Waals surface area contributed by atoms with Gasteiger partial charge in [-0.05, 0) is 36.8 Å². The van der Waals surface area contributed by atoms with E-state index < -0.39 is 17.6 Å². The Morgan fingerprint density at radius 3 is 2.57 bits per heavy atom. The number of nitrogens with two attached hydrogens (primary N) is 1. The number of hydrogen-bond acceptors (Lipinski definition) is 2. The van der Waals surface area contributed by atoms with E-state index in [1.54, 1.807) is 25.1 Å². The number of rotatable bonds is 2. The molecule has 0 aliphatic carbocycles. The zero-order chi connectivity index (χ0) is 16.8. The molecule has 0 aliphatic rings. The molecule has 0 aliphatic heterocycles. The van der Waals surface area contributed by atoms with E-state index in [9.17, 15) is 18.0 Å². The molecule has 0 radical (unpaired) electrons. The molecule has 3 rings (SSSR count). The van der Waals surface area contributed by atoms with E-state index in [2.05, 4.69) is 9.97 Å². The van der Waals surface area contributed by atoms with Crippen LogP contribution >= 0.6 is 0 Å². The van der Waals surface area contributed by atoms with Crippen molar-refractivity contribution in [3.05, 3.63) is 53.1 Å². The van der Waals surface area contributed by atoms with Gasteiger partial charge in [0.25, 0.3) is 0 Å². The van der Waals surface area contributed by atoms with Crippen molar-refractivity contribution < 1.29 is 18.0 Å². The number of aryl methyl sites for hydroxylation is 1. The van der Waals surface area contributed by atoms with Gasteiger partial charge in [-0.15, -0.1) is 0 Å². The molecule has 1 amide bonds. The Balaban J connectivity index is 2.11. The normalized spacial score (nSPS) is 11.8. The Hall–Kier alpha value is -2.83. The standard InChI is InChI=1S/C16H12F3N3O/c1-8-2-3-9(6-11(8)14(20)23)15-21-12-5-4-10(16(17,18)19)7-13(12)22-15/h2-7H,1H3,(H2,20,23)(H,21,22). The molecule has 1 aromatic heterocycles. The maximum absolute atomic E-state index is 12.7. The number of aromatic nitrogens is 2. The summed E-state index contributed by atoms with van der Waals surface area (Å²) in [5, 5.41) is 0. The van der Waals surface area contributed by atoms with Crippen LogP contribution in [0.2, 0.25) is 0 Å². The molecular weight excluding hydrogens is 307 g/mol. The molecular formula is C16H12F3N3O. The second kappa shape index (κ2) is 5.12. The molecule has 3 aromatic rings. The SMILES string of the molecule is Cc1ccc(-c2nc3ccc(C(F)(F)F)cc3[nH]2)cc1C(N)=O. The van der Waals surface area contributed by atoms with Gasteiger partial charge in [0.1, 0.15) is 5.82 Å². The molecule has 23 heavy (non-hydrogen) atoms. The molecule has 4 nitrogen and oxygen atoms in total. The molecule has 0 fully saturated rings. The first kappa shape index (κ1) is 15.1. The number of amides is 1. The maximum Gasteiger partial charge on any atom is 0.416 e. The number of nitrogens with one attached hydrogen (secondary N) is 1. The summed E-state index contributed by atoms with van der Waals surface area (Å²) in [7, 11) is 0. The Bertz CT molecular complexity index is 913. The number of aromatic amines is 1. The van der Waals surface area contributed by atoms with E-state index in [1.807, 2.05) is 0 Å². The fourth-order valence-electron chi connectivity index (χ4n) is 2.36. The van der Waals surface area contributed by atoms with Crippen molar-refractivity contribution in [2.75, 3.05) is 0 Å². The molecule has 0 bridgehead atoms. The molecule has 0 spiro atoms. The van der Waals surface area contributed by atoms with Crippen LogP contribution in [0.1, 0.15) is 21.5 Å². The Labute approximate surface area is 129 Å². The Kier molecular flexibility index (Phi) is 3.35. The Morgan fingerprint density at radius 2 is 1.91 bits per heavy atom. The number of primary amides is 1. The van der Waals surface area contributed by atoms with Crippen molar-refractivity contribution in [1.29, 1.82) is 0 Å². The number of carbonyl (C=O) groups is 1. The predicted octanol–water partition coefficient (Wildman–Crippen LogP) is 3.66. The van der Waals surface area contributed by atoms with Crippen LogP contribution in [0.5, 0.6) is 0 Å². The van der Waals surface area contributed by atoms with Crippen molar-refractivity contribution in [2.45, 2.75) is 13.1 Å². The molecule has 7 heteroatoms. The van der Waals surface area contributed by atoms with Crippen LogP contribution in [-0.2, 0) is 6.18 Å². The average Bonchev–Trinajstić information content (AvgIpc) is 2.89. The minimum absolute atomic E-state index is 0.274. The second-order valence-electron chi connectivity index (χ2n) is 5.21. The molecule has 1 heterocycles. The summed E-state index contributed by atoms with van der Waals surface area (Å²) in [6.07, 6.45) is -4.41. The number of halogens is 3. The van der Waals surface area contributed by atoms with Gasteiger partial charge in [-0.2, -0.15) is 13.2 Å². The lowest BCUT2D eigenvalue weighted by Crippen LogP contribution is -2.12. The molecule has 0 unspecified atom stereocenters. The summed E-state index contributed by atoms with van der Waals surface area (Å²) < 4.78 is 38.2. The van der Waals surface area contributed by atoms with E-state index in [0.29, 0.717) is 22.5 Å². The van der Waals surface area contributed by atoms with Gasteiger partial charge in [0.2, 0.25) is 5.91 Å². The number of benzene rings is 2. The van der Waals surface area contributed by atoms with Gasteiger partial charge in [-0.25, -0.2) is 4.98 Å². The molecule has 0 saturated carbocycles. The number of imidazole rings is 1. The van der Waals surface area contributed by atoms with Crippen molar-refractivity contribution >= 4 is 16.9 Å². The number of fused-ring (bicyclic) bond motifs is 1. The topological polar surface area (TPSA) is 71.8 Å². The van der Waals surface area contributed by atoms with E-state index >= 15 is 0 Å². The highest BCUT2D eigenvalue weighted by Gasteiger charge is 2.30. The highest BCUT2D eigenvalue weighted by Crippen LogP contribution is 2.31. The third kappa shape index (κ3) is 2.77. The van der Waals surface area contributed by atoms with Crippen LogP contribution in [0, 0.1) is 6.92 Å². The van der Waals surface area contributed by atoms with Crippen LogP contribution in [-0.4, -0.2) is 15.9 Å². The predicted molar refractivity (Wildman–Crippen MR) is 79.8 cm³/mol. The molecule has 0 saturated heterocycles. The summed E-state index contributed by atoms with van der Waals surface area (Å²) in [4.78, 5) is 18.5. The number of nitrogens with zero attached hydrogens (tertiary/aromatic N) is 1. The van der Waals surface area contributed by atoms with Crippen LogP contribution in [0.15, 0.2) is 36.4 Å². The van der Waals surface area contributed by atoms with Crippen molar-refractivity contribution in [1.82, 2.24) is 9.97 Å². The fraction of sp³-hybridized carbons (Fsp3) is 0.125. The molecule has 0 atom stereocenters. The van der Waals surface area contributed by atoms with Gasteiger partial charge in [0.15, 0.2) is 0 Å². The lowest BCUT2D eigenvalue weighted by molar-refractivity contribution is -0.137. The quantitative estimate of drug-likeness (QED) is 0.756. The second-order valence-corrected chi connectivity index (χ2v) is 5.21. The van der Waals surface area contributed by atoms with Gasteiger partial charge in [0.05, 0.1) is 16.6 Å². The minimum atomic E-state index is -4.41. The van der Waals surface area contributed by atoms with Gasteiger partial charge in [-0.1, -0.05) is 12.1 Å². The van der Waals surface area contributed by atoms with E-state index in [0.717, 1.165) is 17.7 Å². The lowest BCUT2D eigenvalue weighted by atomic mass is 10.0. The van der Waals surface area contributed by atoms with E-state index in [-0.39, 0.29) is 5.52 Å². The largest absolute Gasteiger partial charge is 0.416 e. The Morgan fingerprint density at radius 1 is 1.17 bits per heavy atom. The van der Waals surface area contributed by atoms with E-state index in [1.165, 1.54) is 6.07 Å². The summed E-state index contributed by atoms with van der Waals surface area (Å²) in [5.74, 6) is -0.193. The third-order valence-corrected chi connectivity index (χ3v) is 3.59. The first-order valence-electron chi connectivity index (χ1n) is 6.73. The van der Waals surface area contributed by atoms with Crippen LogP contribution in [0.4, 0.5) is 13.2 Å². The fourth-order valence-corrected chi connectivity index (χ4v) is 2.36. The summed E-state index contributed by atoms with van der Waals surface area (Å²) in [6.45, 7) is 1.75. The molecule has 118 valence electrons. The third-order valence-electron chi connectivity index (χ3n) is 3.59. The number of alkyl halides is 3. The van der Waals surface area contributed by atoms with E-state index in [4.69, 9.17) is 5.73 Å². The highest BCUT2D eigenvalue weighted by molar-refractivity contribution is 5.95. The first-order chi connectivity index (χ1) is 10.8. The van der Waals surface area contributed by atoms with Crippen molar-refractivity contribution in [2.24, 2.45) is 5.73 Å². The summed E-state index contributed by atoms with van der Waals surface area (Å²) in [5.41, 5.74) is 6.89. The van der Waals surface area contributed by atoms with Crippen LogP contribution < -0.4 is 5.73 Å². The first-order valence-corrected chi connectivity index (χ1v) is 6.73. The number of hydrogen-bond donors (Lipinski definition) is 2. The summed E-state index contributed by atoms with van der Waals surface area (Å²) >= 11 is 0. The van der Waals surface area contributed by atoms with Gasteiger partial charge in [0, 0.05) is 11.1 Å². The van der Waals surface area contributed by atoms with Crippen molar-refractivity contribution in [3.63, 3.8) is 0 Å². The minimum Gasteiger partial charge on any atom is -0.366 e. The number of H-pyrrole nitrogens is 1. The molecule has 3 N–H and O–H groups in total. The smallest absolute Gasteiger partial charge is 0.366 e. The van der Waals surface area contributed by atoms with Gasteiger partial charge < -0.3 is 10.7 Å². The number of carbonyl (C=O) groups excluding carboxylic acids is 1. The van der Waals surface area contributed by atoms with Crippen LogP contribution in [0.3, 0.4) is 0 Å². The maximum atomic E-state index is 12.7.